The van der Waals surface area contributed by atoms with Gasteiger partial charge in [-0.05, 0) is 63.6 Å². The van der Waals surface area contributed by atoms with Crippen molar-refractivity contribution in [2.24, 2.45) is 0 Å². The Bertz CT molecular complexity index is 776. The zero-order valence-electron chi connectivity index (χ0n) is 16.1. The highest BCUT2D eigenvalue weighted by molar-refractivity contribution is 5.94. The zero-order valence-corrected chi connectivity index (χ0v) is 16.1. The van der Waals surface area contributed by atoms with Crippen LogP contribution in [0.2, 0.25) is 0 Å². The van der Waals surface area contributed by atoms with Gasteiger partial charge in [-0.15, -0.1) is 0 Å². The van der Waals surface area contributed by atoms with Crippen molar-refractivity contribution in [1.29, 1.82) is 0 Å². The van der Waals surface area contributed by atoms with Gasteiger partial charge in [-0.25, -0.2) is 0 Å². The summed E-state index contributed by atoms with van der Waals surface area (Å²) in [6.07, 6.45) is 2.23. The molecule has 2 heterocycles. The van der Waals surface area contributed by atoms with Crippen LogP contribution in [0.25, 0.3) is 0 Å². The number of hydrogen-bond acceptors (Lipinski definition) is 4. The van der Waals surface area contributed by atoms with Crippen LogP contribution in [0.5, 0.6) is 5.75 Å². The van der Waals surface area contributed by atoms with Crippen LogP contribution in [-0.2, 0) is 0 Å². The third kappa shape index (κ3) is 4.90. The van der Waals surface area contributed by atoms with E-state index in [1.54, 1.807) is 34.1 Å². The Balaban J connectivity index is 1.61. The molecule has 0 unspecified atom stereocenters. The lowest BCUT2D eigenvalue weighted by atomic mass is 10.1. The van der Waals surface area contributed by atoms with Crippen LogP contribution < -0.4 is 4.74 Å². The Morgan fingerprint density at radius 3 is 2.11 bits per heavy atom. The average Bonchev–Trinajstić information content (AvgIpc) is 3.04. The molecule has 0 atom stereocenters. The van der Waals surface area contributed by atoms with Crippen molar-refractivity contribution >= 4 is 11.8 Å². The Morgan fingerprint density at radius 2 is 1.56 bits per heavy atom. The Labute approximate surface area is 159 Å². The maximum Gasteiger partial charge on any atom is 0.289 e. The van der Waals surface area contributed by atoms with Gasteiger partial charge >= 0.3 is 0 Å². The first kappa shape index (κ1) is 19.0. The summed E-state index contributed by atoms with van der Waals surface area (Å²) < 4.78 is 11.0. The van der Waals surface area contributed by atoms with E-state index < -0.39 is 0 Å². The number of hydrogen-bond donors (Lipinski definition) is 0. The maximum absolute atomic E-state index is 12.8. The number of ether oxygens (including phenoxy) is 1. The molecule has 1 aromatic heterocycles. The van der Waals surface area contributed by atoms with E-state index in [2.05, 4.69) is 0 Å². The smallest absolute Gasteiger partial charge is 0.289 e. The predicted molar refractivity (Wildman–Crippen MR) is 102 cm³/mol. The first-order chi connectivity index (χ1) is 12.8. The van der Waals surface area contributed by atoms with E-state index in [4.69, 9.17) is 9.15 Å². The van der Waals surface area contributed by atoms with Crippen molar-refractivity contribution in [3.63, 3.8) is 0 Å². The molecule has 1 aromatic carbocycles. The second kappa shape index (κ2) is 7.86. The summed E-state index contributed by atoms with van der Waals surface area (Å²) in [7, 11) is 0. The molecule has 1 fully saturated rings. The van der Waals surface area contributed by atoms with Gasteiger partial charge < -0.3 is 19.0 Å². The number of carbonyl (C=O) groups excluding carboxylic acids is 2. The van der Waals surface area contributed by atoms with Gasteiger partial charge in [-0.1, -0.05) is 0 Å². The molecule has 27 heavy (non-hydrogen) atoms. The minimum Gasteiger partial charge on any atom is -0.488 e. The molecule has 0 radical (unpaired) electrons. The van der Waals surface area contributed by atoms with Crippen molar-refractivity contribution in [3.8, 4) is 5.75 Å². The van der Waals surface area contributed by atoms with Gasteiger partial charge in [-0.3, -0.25) is 9.59 Å². The molecule has 1 aliphatic heterocycles. The van der Waals surface area contributed by atoms with Crippen molar-refractivity contribution in [3.05, 3.63) is 54.0 Å². The molecule has 2 amide bonds. The lowest BCUT2D eigenvalue weighted by Gasteiger charge is -2.23. The van der Waals surface area contributed by atoms with E-state index in [-0.39, 0.29) is 17.4 Å². The van der Waals surface area contributed by atoms with Gasteiger partial charge in [0.05, 0.1) is 6.26 Å². The lowest BCUT2D eigenvalue weighted by molar-refractivity contribution is 0.0700. The Kier molecular flexibility index (Phi) is 5.54. The molecule has 0 spiro atoms. The fourth-order valence-corrected chi connectivity index (χ4v) is 3.08. The molecule has 144 valence electrons. The number of carbonyl (C=O) groups is 2. The topological polar surface area (TPSA) is 63.0 Å². The van der Waals surface area contributed by atoms with E-state index >= 15 is 0 Å². The minimum atomic E-state index is -0.277. The van der Waals surface area contributed by atoms with E-state index in [9.17, 15) is 9.59 Å². The largest absolute Gasteiger partial charge is 0.488 e. The average molecular weight is 370 g/mol. The van der Waals surface area contributed by atoms with Crippen LogP contribution in [0.4, 0.5) is 0 Å². The van der Waals surface area contributed by atoms with Crippen LogP contribution in [0, 0.1) is 0 Å². The first-order valence-electron chi connectivity index (χ1n) is 9.25. The maximum atomic E-state index is 12.8. The summed E-state index contributed by atoms with van der Waals surface area (Å²) in [5, 5.41) is 0. The van der Waals surface area contributed by atoms with Crippen LogP contribution in [0.15, 0.2) is 47.1 Å². The lowest BCUT2D eigenvalue weighted by Crippen LogP contribution is -2.37. The Morgan fingerprint density at radius 1 is 0.926 bits per heavy atom. The number of furan rings is 1. The van der Waals surface area contributed by atoms with Gasteiger partial charge in [0, 0.05) is 31.7 Å². The normalized spacial score (nSPS) is 15.4. The summed E-state index contributed by atoms with van der Waals surface area (Å²) in [6, 6.07) is 10.6. The molecule has 1 aliphatic rings. The second-order valence-electron chi connectivity index (χ2n) is 7.65. The molecule has 0 N–H and O–H groups in total. The van der Waals surface area contributed by atoms with Crippen molar-refractivity contribution in [2.45, 2.75) is 32.8 Å². The molecule has 6 nitrogen and oxygen atoms in total. The van der Waals surface area contributed by atoms with E-state index in [0.29, 0.717) is 37.5 Å². The van der Waals surface area contributed by atoms with Crippen molar-refractivity contribution in [2.75, 3.05) is 26.2 Å². The van der Waals surface area contributed by atoms with E-state index in [1.807, 2.05) is 32.9 Å². The van der Waals surface area contributed by atoms with Crippen LogP contribution in [-0.4, -0.2) is 53.4 Å². The highest BCUT2D eigenvalue weighted by Crippen LogP contribution is 2.20. The van der Waals surface area contributed by atoms with Gasteiger partial charge in [0.25, 0.3) is 11.8 Å². The molecule has 0 aliphatic carbocycles. The van der Waals surface area contributed by atoms with E-state index in [0.717, 1.165) is 12.2 Å². The van der Waals surface area contributed by atoms with Crippen LogP contribution in [0.3, 0.4) is 0 Å². The van der Waals surface area contributed by atoms with E-state index in [1.165, 1.54) is 6.26 Å². The summed E-state index contributed by atoms with van der Waals surface area (Å²) in [5.41, 5.74) is 0.349. The number of rotatable bonds is 3. The fourth-order valence-electron chi connectivity index (χ4n) is 3.08. The quantitative estimate of drug-likeness (QED) is 0.830. The van der Waals surface area contributed by atoms with Gasteiger partial charge in [0.1, 0.15) is 11.4 Å². The molecule has 2 aromatic rings. The standard InChI is InChI=1S/C21H26N2O4/c1-21(2,3)27-17-9-7-16(8-10-17)19(24)22-11-5-12-23(14-13-22)20(25)18-6-4-15-26-18/h4,6-10,15H,5,11-14H2,1-3H3. The molecule has 1 saturated heterocycles. The number of nitrogens with zero attached hydrogens (tertiary/aromatic N) is 2. The summed E-state index contributed by atoms with van der Waals surface area (Å²) >= 11 is 0. The van der Waals surface area contributed by atoms with Gasteiger partial charge in [0.2, 0.25) is 0 Å². The third-order valence-corrected chi connectivity index (χ3v) is 4.33. The highest BCUT2D eigenvalue weighted by atomic mass is 16.5. The molecule has 6 heteroatoms. The minimum absolute atomic E-state index is 0.0235. The Hall–Kier alpha value is -2.76. The summed E-state index contributed by atoms with van der Waals surface area (Å²) in [6.45, 7) is 8.20. The van der Waals surface area contributed by atoms with Gasteiger partial charge in [0.15, 0.2) is 5.76 Å². The predicted octanol–water partition coefficient (Wildman–Crippen LogP) is 3.45. The fraction of sp³-hybridized carbons (Fsp3) is 0.429. The number of benzene rings is 1. The molecule has 3 rings (SSSR count). The van der Waals surface area contributed by atoms with Gasteiger partial charge in [-0.2, -0.15) is 0 Å². The molecular formula is C21H26N2O4. The highest BCUT2D eigenvalue weighted by Gasteiger charge is 2.24. The second-order valence-corrected chi connectivity index (χ2v) is 7.65. The number of amides is 2. The van der Waals surface area contributed by atoms with Crippen molar-refractivity contribution < 1.29 is 18.7 Å². The molecule has 0 saturated carbocycles. The van der Waals surface area contributed by atoms with Crippen LogP contribution >= 0.6 is 0 Å². The zero-order chi connectivity index (χ0) is 19.4. The first-order valence-corrected chi connectivity index (χ1v) is 9.25. The summed E-state index contributed by atoms with van der Waals surface area (Å²) in [5.74, 6) is 0.928. The SMILES string of the molecule is CC(C)(C)Oc1ccc(C(=O)N2CCCN(C(=O)c3ccco3)CC2)cc1. The van der Waals surface area contributed by atoms with Crippen molar-refractivity contribution in [1.82, 2.24) is 9.80 Å². The molecule has 0 bridgehead atoms. The third-order valence-electron chi connectivity index (χ3n) is 4.33. The summed E-state index contributed by atoms with van der Waals surface area (Å²) in [4.78, 5) is 28.8. The monoisotopic (exact) mass is 370 g/mol. The molecular weight excluding hydrogens is 344 g/mol. The van der Waals surface area contributed by atoms with Crippen LogP contribution in [0.1, 0.15) is 48.1 Å².